The van der Waals surface area contributed by atoms with Gasteiger partial charge in [0, 0.05) is 18.4 Å². The third-order valence-electron chi connectivity index (χ3n) is 4.40. The Kier molecular flexibility index (Phi) is 7.64. The van der Waals surface area contributed by atoms with Gasteiger partial charge in [-0.2, -0.15) is 48.3 Å². The van der Waals surface area contributed by atoms with Crippen molar-refractivity contribution in [3.8, 4) is 5.75 Å². The van der Waals surface area contributed by atoms with Gasteiger partial charge in [0.05, 0.1) is 6.61 Å². The SMILES string of the molecule is COCc1ccc(C(=O)Nc2ccc(OC(F)(F)C(F)(F)C(F)(F)C(F)(F)C(F)(F)F)cc2)cc1. The summed E-state index contributed by atoms with van der Waals surface area (Å²) in [4.78, 5) is 12.2. The van der Waals surface area contributed by atoms with Crippen LogP contribution in [0.1, 0.15) is 15.9 Å². The monoisotopic (exact) mass is 525 g/mol. The van der Waals surface area contributed by atoms with Gasteiger partial charge >= 0.3 is 30.1 Å². The molecule has 0 aliphatic heterocycles. The highest BCUT2D eigenvalue weighted by Gasteiger charge is 2.88. The first-order valence-electron chi connectivity index (χ1n) is 9.13. The van der Waals surface area contributed by atoms with Gasteiger partial charge in [0.1, 0.15) is 5.75 Å². The zero-order valence-corrected chi connectivity index (χ0v) is 17.2. The lowest BCUT2D eigenvalue weighted by Crippen LogP contribution is -2.67. The quantitative estimate of drug-likeness (QED) is 0.379. The fourth-order valence-electron chi connectivity index (χ4n) is 2.50. The molecule has 0 heterocycles. The van der Waals surface area contributed by atoms with Gasteiger partial charge in [-0.15, -0.1) is 0 Å². The first-order valence-corrected chi connectivity index (χ1v) is 9.13. The van der Waals surface area contributed by atoms with Gasteiger partial charge in [0.2, 0.25) is 0 Å². The number of rotatable bonds is 9. The van der Waals surface area contributed by atoms with Gasteiger partial charge in [-0.1, -0.05) is 12.1 Å². The summed E-state index contributed by atoms with van der Waals surface area (Å²) in [7, 11) is 1.45. The van der Waals surface area contributed by atoms with Crippen LogP contribution in [0.4, 0.5) is 54.0 Å². The summed E-state index contributed by atoms with van der Waals surface area (Å²) >= 11 is 0. The Bertz CT molecular complexity index is 1020. The Labute approximate surface area is 189 Å². The number of nitrogens with one attached hydrogen (secondary N) is 1. The number of amides is 1. The van der Waals surface area contributed by atoms with Crippen molar-refractivity contribution in [3.63, 3.8) is 0 Å². The topological polar surface area (TPSA) is 47.6 Å². The molecule has 1 amide bonds. The van der Waals surface area contributed by atoms with E-state index in [1.54, 1.807) is 12.1 Å². The highest BCUT2D eigenvalue weighted by Crippen LogP contribution is 2.57. The van der Waals surface area contributed by atoms with Crippen molar-refractivity contribution in [2.24, 2.45) is 0 Å². The predicted molar refractivity (Wildman–Crippen MR) is 98.0 cm³/mol. The second-order valence-electron chi connectivity index (χ2n) is 6.95. The van der Waals surface area contributed by atoms with Crippen LogP contribution in [-0.4, -0.2) is 43.1 Å². The molecule has 0 spiro atoms. The van der Waals surface area contributed by atoms with Crippen molar-refractivity contribution in [2.45, 2.75) is 36.7 Å². The maximum atomic E-state index is 13.7. The van der Waals surface area contributed by atoms with Crippen molar-refractivity contribution >= 4 is 11.6 Å². The molecule has 194 valence electrons. The molecule has 0 radical (unpaired) electrons. The molecule has 0 atom stereocenters. The fourth-order valence-corrected chi connectivity index (χ4v) is 2.50. The molecule has 2 rings (SSSR count). The standard InChI is InChI=1S/C20H14F11NO3/c1-34-10-11-2-4-12(5-3-11)15(33)32-13-6-8-14(9-7-13)35-20(30,31)18(25,26)16(21,22)17(23,24)19(27,28)29/h2-9H,10H2,1H3,(H,32,33). The number of halogens is 11. The van der Waals surface area contributed by atoms with Gasteiger partial charge in [0.25, 0.3) is 5.91 Å². The summed E-state index contributed by atoms with van der Waals surface area (Å²) in [5.74, 6) is -24.4. The molecule has 2 aromatic rings. The molecule has 0 aliphatic carbocycles. The number of hydrogen-bond acceptors (Lipinski definition) is 3. The van der Waals surface area contributed by atoms with Crippen molar-refractivity contribution in [3.05, 3.63) is 59.7 Å². The number of ether oxygens (including phenoxy) is 2. The van der Waals surface area contributed by atoms with Gasteiger partial charge in [-0.25, -0.2) is 0 Å². The molecule has 0 saturated heterocycles. The second kappa shape index (κ2) is 9.51. The van der Waals surface area contributed by atoms with Crippen LogP contribution in [0.15, 0.2) is 48.5 Å². The minimum absolute atomic E-state index is 0.118. The number of carbonyl (C=O) groups excluding carboxylic acids is 1. The van der Waals surface area contributed by atoms with Crippen LogP contribution in [-0.2, 0) is 11.3 Å². The van der Waals surface area contributed by atoms with Gasteiger partial charge in [0.15, 0.2) is 0 Å². The molecular formula is C20H14F11NO3. The van der Waals surface area contributed by atoms with E-state index in [1.165, 1.54) is 19.2 Å². The fraction of sp³-hybridized carbons (Fsp3) is 0.350. The van der Waals surface area contributed by atoms with E-state index < -0.39 is 41.7 Å². The average molecular weight is 525 g/mol. The number of anilines is 1. The Morgan fingerprint density at radius 3 is 1.71 bits per heavy atom. The van der Waals surface area contributed by atoms with E-state index >= 15 is 0 Å². The lowest BCUT2D eigenvalue weighted by molar-refractivity contribution is -0.445. The van der Waals surface area contributed by atoms with Crippen molar-refractivity contribution in [2.75, 3.05) is 12.4 Å². The zero-order valence-electron chi connectivity index (χ0n) is 17.2. The van der Waals surface area contributed by atoms with E-state index in [0.29, 0.717) is 12.1 Å². The summed E-state index contributed by atoms with van der Waals surface area (Å²) in [5, 5.41) is 2.29. The Morgan fingerprint density at radius 2 is 1.26 bits per heavy atom. The molecule has 4 nitrogen and oxygen atoms in total. The molecular weight excluding hydrogens is 511 g/mol. The summed E-state index contributed by atoms with van der Waals surface area (Å²) < 4.78 is 151. The van der Waals surface area contributed by atoms with Crippen molar-refractivity contribution in [1.29, 1.82) is 0 Å². The average Bonchev–Trinajstić information content (AvgIpc) is 2.74. The van der Waals surface area contributed by atoms with Crippen LogP contribution < -0.4 is 10.1 Å². The molecule has 1 N–H and O–H groups in total. The molecule has 15 heteroatoms. The first kappa shape index (κ1) is 28.1. The smallest absolute Gasteiger partial charge is 0.428 e. The highest BCUT2D eigenvalue weighted by molar-refractivity contribution is 6.04. The number of hydrogen-bond donors (Lipinski definition) is 1. The lowest BCUT2D eigenvalue weighted by Gasteiger charge is -2.36. The van der Waals surface area contributed by atoms with Crippen LogP contribution >= 0.6 is 0 Å². The second-order valence-corrected chi connectivity index (χ2v) is 6.95. The zero-order chi connectivity index (χ0) is 26.9. The molecule has 0 aromatic heterocycles. The van der Waals surface area contributed by atoms with Gasteiger partial charge < -0.3 is 14.8 Å². The largest absolute Gasteiger partial charge is 0.471 e. The summed E-state index contributed by atoms with van der Waals surface area (Å²) in [6, 6.07) is 8.47. The molecule has 0 unspecified atom stereocenters. The number of alkyl halides is 11. The highest BCUT2D eigenvalue weighted by atomic mass is 19.4. The third kappa shape index (κ3) is 5.44. The molecule has 35 heavy (non-hydrogen) atoms. The minimum Gasteiger partial charge on any atom is -0.428 e. The molecule has 0 aliphatic rings. The summed E-state index contributed by atoms with van der Waals surface area (Å²) in [5.41, 5.74) is 0.762. The molecule has 0 bridgehead atoms. The summed E-state index contributed by atoms with van der Waals surface area (Å²) in [6.07, 6.45) is -13.8. The lowest BCUT2D eigenvalue weighted by atomic mass is 10.0. The van der Waals surface area contributed by atoms with Crippen LogP contribution in [0.3, 0.4) is 0 Å². The van der Waals surface area contributed by atoms with Gasteiger partial charge in [-0.3, -0.25) is 4.79 Å². The van der Waals surface area contributed by atoms with E-state index in [1.807, 2.05) is 0 Å². The Hall–Kier alpha value is -3.10. The Balaban J connectivity index is 2.16. The normalized spacial score (nSPS) is 13.5. The van der Waals surface area contributed by atoms with Crippen LogP contribution in [0.25, 0.3) is 0 Å². The maximum Gasteiger partial charge on any atom is 0.471 e. The number of carbonyl (C=O) groups is 1. The number of methoxy groups -OCH3 is 1. The maximum absolute atomic E-state index is 13.7. The van der Waals surface area contributed by atoms with Crippen LogP contribution in [0.5, 0.6) is 5.75 Å². The molecule has 0 saturated carbocycles. The van der Waals surface area contributed by atoms with E-state index in [4.69, 9.17) is 4.74 Å². The van der Waals surface area contributed by atoms with Gasteiger partial charge in [-0.05, 0) is 42.0 Å². The summed E-state index contributed by atoms with van der Waals surface area (Å²) in [6.45, 7) is 0.271. The first-order chi connectivity index (χ1) is 15.9. The van der Waals surface area contributed by atoms with E-state index in [0.717, 1.165) is 17.7 Å². The van der Waals surface area contributed by atoms with Crippen molar-refractivity contribution in [1.82, 2.24) is 0 Å². The number of benzene rings is 2. The minimum atomic E-state index is -7.57. The van der Waals surface area contributed by atoms with Crippen LogP contribution in [0.2, 0.25) is 0 Å². The van der Waals surface area contributed by atoms with E-state index in [2.05, 4.69) is 10.1 Å². The third-order valence-corrected chi connectivity index (χ3v) is 4.40. The van der Waals surface area contributed by atoms with Crippen LogP contribution in [0, 0.1) is 0 Å². The molecule has 0 fully saturated rings. The van der Waals surface area contributed by atoms with E-state index in [9.17, 15) is 53.1 Å². The van der Waals surface area contributed by atoms with Crippen molar-refractivity contribution < 1.29 is 62.6 Å². The van der Waals surface area contributed by atoms with E-state index in [-0.39, 0.29) is 17.9 Å². The Morgan fingerprint density at radius 1 is 0.743 bits per heavy atom. The predicted octanol–water partition coefficient (Wildman–Crippen LogP) is 6.53. The molecule has 2 aromatic carbocycles.